The Morgan fingerprint density at radius 2 is 1.78 bits per heavy atom. The molecular formula is C18H18N2O5S2. The quantitative estimate of drug-likeness (QED) is 0.664. The molecular weight excluding hydrogens is 388 g/mol. The molecule has 142 valence electrons. The van der Waals surface area contributed by atoms with Crippen LogP contribution in [0.15, 0.2) is 46.3 Å². The molecule has 0 saturated heterocycles. The van der Waals surface area contributed by atoms with Gasteiger partial charge in [-0.2, -0.15) is 4.99 Å². The predicted octanol–water partition coefficient (Wildman–Crippen LogP) is 2.40. The van der Waals surface area contributed by atoms with Crippen molar-refractivity contribution in [2.45, 2.75) is 4.90 Å². The molecule has 0 radical (unpaired) electrons. The summed E-state index contributed by atoms with van der Waals surface area (Å²) in [5, 5.41) is 0. The maximum Gasteiger partial charge on any atom is 0.279 e. The number of hydrogen-bond donors (Lipinski definition) is 0. The molecule has 0 aliphatic rings. The Morgan fingerprint density at radius 3 is 2.41 bits per heavy atom. The van der Waals surface area contributed by atoms with Crippen LogP contribution in [0.25, 0.3) is 10.2 Å². The maximum absolute atomic E-state index is 12.6. The zero-order valence-electron chi connectivity index (χ0n) is 15.2. The van der Waals surface area contributed by atoms with Gasteiger partial charge >= 0.3 is 0 Å². The average molecular weight is 406 g/mol. The molecule has 3 rings (SSSR count). The Morgan fingerprint density at radius 1 is 1.11 bits per heavy atom. The van der Waals surface area contributed by atoms with Gasteiger partial charge in [0.15, 0.2) is 14.6 Å². The Hall–Kier alpha value is -2.65. The first-order valence-electron chi connectivity index (χ1n) is 7.86. The molecule has 1 heterocycles. The minimum absolute atomic E-state index is 0.0765. The zero-order valence-corrected chi connectivity index (χ0v) is 16.8. The molecule has 27 heavy (non-hydrogen) atoms. The summed E-state index contributed by atoms with van der Waals surface area (Å²) in [6, 6.07) is 9.41. The van der Waals surface area contributed by atoms with Gasteiger partial charge in [0.05, 0.1) is 19.1 Å². The Kier molecular flexibility index (Phi) is 5.07. The van der Waals surface area contributed by atoms with Crippen molar-refractivity contribution in [3.63, 3.8) is 0 Å². The van der Waals surface area contributed by atoms with Crippen molar-refractivity contribution < 1.29 is 22.7 Å². The van der Waals surface area contributed by atoms with E-state index >= 15 is 0 Å². The van der Waals surface area contributed by atoms with E-state index in [0.29, 0.717) is 16.3 Å². The van der Waals surface area contributed by atoms with E-state index in [-0.39, 0.29) is 10.5 Å². The van der Waals surface area contributed by atoms with E-state index in [0.717, 1.165) is 16.5 Å². The van der Waals surface area contributed by atoms with Crippen molar-refractivity contribution in [2.75, 3.05) is 20.5 Å². The molecule has 1 amide bonds. The summed E-state index contributed by atoms with van der Waals surface area (Å²) in [6.07, 6.45) is 1.10. The largest absolute Gasteiger partial charge is 0.495 e. The summed E-state index contributed by atoms with van der Waals surface area (Å²) in [6.45, 7) is 0. The number of sulfone groups is 1. The fraction of sp³-hybridized carbons (Fsp3) is 0.222. The molecule has 0 unspecified atom stereocenters. The van der Waals surface area contributed by atoms with Gasteiger partial charge in [0.25, 0.3) is 5.91 Å². The summed E-state index contributed by atoms with van der Waals surface area (Å²) in [5.74, 6) is 0.762. The topological polar surface area (TPSA) is 87.0 Å². The number of ether oxygens (including phenoxy) is 2. The average Bonchev–Trinajstić information content (AvgIpc) is 2.97. The highest BCUT2D eigenvalue weighted by Crippen LogP contribution is 2.34. The van der Waals surface area contributed by atoms with E-state index in [1.165, 1.54) is 35.6 Å². The van der Waals surface area contributed by atoms with Gasteiger partial charge in [-0.15, -0.1) is 0 Å². The Bertz CT molecular complexity index is 1210. The highest BCUT2D eigenvalue weighted by atomic mass is 32.2. The summed E-state index contributed by atoms with van der Waals surface area (Å²) in [7, 11) is 1.51. The summed E-state index contributed by atoms with van der Waals surface area (Å²) < 4.78 is 36.8. The molecule has 0 saturated carbocycles. The Labute approximate surface area is 160 Å². The van der Waals surface area contributed by atoms with Gasteiger partial charge in [-0.25, -0.2) is 8.42 Å². The number of benzene rings is 2. The molecule has 1 aromatic heterocycles. The van der Waals surface area contributed by atoms with E-state index in [4.69, 9.17) is 9.47 Å². The minimum atomic E-state index is -3.41. The summed E-state index contributed by atoms with van der Waals surface area (Å²) >= 11 is 1.29. The summed E-state index contributed by atoms with van der Waals surface area (Å²) in [4.78, 5) is 17.3. The van der Waals surface area contributed by atoms with Crippen LogP contribution in [0.1, 0.15) is 10.4 Å². The third-order valence-corrected chi connectivity index (χ3v) is 6.28. The van der Waals surface area contributed by atoms with Gasteiger partial charge in [0, 0.05) is 18.9 Å². The van der Waals surface area contributed by atoms with Crippen LogP contribution in [0.4, 0.5) is 0 Å². The van der Waals surface area contributed by atoms with Gasteiger partial charge in [-0.3, -0.25) is 4.79 Å². The molecule has 0 aliphatic heterocycles. The minimum Gasteiger partial charge on any atom is -0.495 e. The van der Waals surface area contributed by atoms with Crippen molar-refractivity contribution in [3.8, 4) is 11.5 Å². The number of carbonyl (C=O) groups is 1. The number of aromatic nitrogens is 1. The lowest BCUT2D eigenvalue weighted by Gasteiger charge is -2.06. The smallest absolute Gasteiger partial charge is 0.279 e. The van der Waals surface area contributed by atoms with Crippen LogP contribution in [-0.4, -0.2) is 39.4 Å². The molecule has 0 spiro atoms. The highest BCUT2D eigenvalue weighted by Gasteiger charge is 2.15. The molecule has 0 atom stereocenters. The second-order valence-electron chi connectivity index (χ2n) is 5.81. The van der Waals surface area contributed by atoms with Crippen molar-refractivity contribution in [1.29, 1.82) is 0 Å². The van der Waals surface area contributed by atoms with Crippen LogP contribution in [0, 0.1) is 0 Å². The highest BCUT2D eigenvalue weighted by molar-refractivity contribution is 7.90. The van der Waals surface area contributed by atoms with E-state index in [1.54, 1.807) is 38.0 Å². The SMILES string of the molecule is COc1ccc(OC)c2c1sc(=NC(=O)c1cccc(S(C)(=O)=O)c1)n2C. The molecule has 3 aromatic rings. The summed E-state index contributed by atoms with van der Waals surface area (Å²) in [5.41, 5.74) is 0.965. The lowest BCUT2D eigenvalue weighted by Crippen LogP contribution is -2.13. The standard InChI is InChI=1S/C18H18N2O5S2/c1-20-15-13(24-2)8-9-14(25-3)16(15)26-18(20)19-17(21)11-6-5-7-12(10-11)27(4,22)23/h5-10H,1-4H3. The van der Waals surface area contributed by atoms with E-state index < -0.39 is 15.7 Å². The number of aryl methyl sites for hydroxylation is 1. The number of carbonyl (C=O) groups excluding carboxylic acids is 1. The lowest BCUT2D eigenvalue weighted by atomic mass is 10.2. The van der Waals surface area contributed by atoms with Crippen molar-refractivity contribution in [3.05, 3.63) is 46.8 Å². The van der Waals surface area contributed by atoms with Crippen LogP contribution >= 0.6 is 11.3 Å². The second-order valence-corrected chi connectivity index (χ2v) is 8.80. The third kappa shape index (κ3) is 3.60. The molecule has 0 bridgehead atoms. The molecule has 0 fully saturated rings. The number of methoxy groups -OCH3 is 2. The van der Waals surface area contributed by atoms with Crippen LogP contribution in [0.5, 0.6) is 11.5 Å². The number of amides is 1. The van der Waals surface area contributed by atoms with Crippen LogP contribution in [-0.2, 0) is 16.9 Å². The van der Waals surface area contributed by atoms with Gasteiger partial charge in [-0.05, 0) is 30.3 Å². The van der Waals surface area contributed by atoms with Crippen LogP contribution in [0.2, 0.25) is 0 Å². The van der Waals surface area contributed by atoms with Crippen molar-refractivity contribution in [1.82, 2.24) is 4.57 Å². The molecule has 0 aliphatic carbocycles. The first kappa shape index (κ1) is 19.1. The second kappa shape index (κ2) is 7.16. The van der Waals surface area contributed by atoms with Gasteiger partial charge < -0.3 is 14.0 Å². The first-order chi connectivity index (χ1) is 12.8. The molecule has 9 heteroatoms. The van der Waals surface area contributed by atoms with Crippen molar-refractivity contribution >= 4 is 37.3 Å². The Balaban J connectivity index is 2.17. The fourth-order valence-electron chi connectivity index (χ4n) is 2.64. The van der Waals surface area contributed by atoms with E-state index in [9.17, 15) is 13.2 Å². The third-order valence-electron chi connectivity index (χ3n) is 4.02. The fourth-order valence-corrected chi connectivity index (χ4v) is 4.43. The van der Waals surface area contributed by atoms with E-state index in [1.807, 2.05) is 0 Å². The van der Waals surface area contributed by atoms with Crippen LogP contribution in [0.3, 0.4) is 0 Å². The molecule has 0 N–H and O–H groups in total. The monoisotopic (exact) mass is 406 g/mol. The first-order valence-corrected chi connectivity index (χ1v) is 10.6. The van der Waals surface area contributed by atoms with Crippen LogP contribution < -0.4 is 14.3 Å². The number of nitrogens with zero attached hydrogens (tertiary/aromatic N) is 2. The van der Waals surface area contributed by atoms with Crippen molar-refractivity contribution in [2.24, 2.45) is 12.0 Å². The van der Waals surface area contributed by atoms with Gasteiger partial charge in [0.1, 0.15) is 21.7 Å². The van der Waals surface area contributed by atoms with E-state index in [2.05, 4.69) is 4.99 Å². The number of thiazole rings is 1. The molecule has 2 aromatic carbocycles. The van der Waals surface area contributed by atoms with Gasteiger partial charge in [0.2, 0.25) is 0 Å². The molecule has 7 nitrogen and oxygen atoms in total. The zero-order chi connectivity index (χ0) is 19.8. The number of rotatable bonds is 4. The van der Waals surface area contributed by atoms with Gasteiger partial charge in [-0.1, -0.05) is 17.4 Å². The lowest BCUT2D eigenvalue weighted by molar-refractivity contribution is 0.0997. The maximum atomic E-state index is 12.6. The number of hydrogen-bond acceptors (Lipinski definition) is 6. The normalized spacial score (nSPS) is 12.4. The number of fused-ring (bicyclic) bond motifs is 1. The predicted molar refractivity (Wildman–Crippen MR) is 103 cm³/mol.